The van der Waals surface area contributed by atoms with Crippen molar-refractivity contribution in [2.45, 2.75) is 13.5 Å². The number of nitrogens with zero attached hydrogens (tertiary/aromatic N) is 2. The second kappa shape index (κ2) is 5.14. The lowest BCUT2D eigenvalue weighted by molar-refractivity contribution is 0.101. The Bertz CT molecular complexity index is 649. The Kier molecular flexibility index (Phi) is 3.58. The van der Waals surface area contributed by atoms with Gasteiger partial charge >= 0.3 is 0 Å². The van der Waals surface area contributed by atoms with E-state index in [2.05, 4.69) is 5.10 Å². The molecule has 0 radical (unpaired) electrons. The molecular weight excluding hydrogens is 252 g/mol. The van der Waals surface area contributed by atoms with Crippen molar-refractivity contribution in [2.24, 2.45) is 0 Å². The standard InChI is InChI=1S/C13H11ClN2O2/c1-9(17)11-4-2-3-10(7-11)8-16-13(18)6-5-12(14)15-16/h2-7H,8H2,1H3. The number of halogens is 1. The molecule has 1 aromatic heterocycles. The number of aromatic nitrogens is 2. The predicted molar refractivity (Wildman–Crippen MR) is 69.1 cm³/mol. The summed E-state index contributed by atoms with van der Waals surface area (Å²) in [7, 11) is 0. The van der Waals surface area contributed by atoms with Crippen LogP contribution in [0, 0.1) is 0 Å². The smallest absolute Gasteiger partial charge is 0.267 e. The second-order valence-corrected chi connectivity index (χ2v) is 4.30. The number of Topliss-reactive ketones (excluding diaryl/α,β-unsaturated/α-hetero) is 1. The van der Waals surface area contributed by atoms with Gasteiger partial charge in [-0.1, -0.05) is 29.8 Å². The Morgan fingerprint density at radius 3 is 2.83 bits per heavy atom. The number of hydrogen-bond acceptors (Lipinski definition) is 3. The Labute approximate surface area is 109 Å². The molecule has 0 spiro atoms. The first-order valence-corrected chi connectivity index (χ1v) is 5.77. The molecule has 0 aliphatic heterocycles. The van der Waals surface area contributed by atoms with E-state index in [1.54, 1.807) is 18.2 Å². The number of hydrogen-bond donors (Lipinski definition) is 0. The lowest BCUT2D eigenvalue weighted by Crippen LogP contribution is -2.22. The second-order valence-electron chi connectivity index (χ2n) is 3.91. The number of rotatable bonds is 3. The number of carbonyl (C=O) groups is 1. The van der Waals surface area contributed by atoms with E-state index in [1.807, 2.05) is 6.07 Å². The molecule has 0 saturated carbocycles. The molecule has 0 bridgehead atoms. The summed E-state index contributed by atoms with van der Waals surface area (Å²) >= 11 is 5.74. The van der Waals surface area contributed by atoms with Gasteiger partial charge in [-0.2, -0.15) is 5.10 Å². The third kappa shape index (κ3) is 2.84. The van der Waals surface area contributed by atoms with Crippen LogP contribution in [-0.2, 0) is 6.54 Å². The zero-order valence-electron chi connectivity index (χ0n) is 9.76. The minimum atomic E-state index is -0.229. The van der Waals surface area contributed by atoms with E-state index in [1.165, 1.54) is 23.7 Å². The zero-order chi connectivity index (χ0) is 13.1. The molecule has 1 heterocycles. The summed E-state index contributed by atoms with van der Waals surface area (Å²) in [6.07, 6.45) is 0. The van der Waals surface area contributed by atoms with Crippen molar-refractivity contribution in [3.8, 4) is 0 Å². The third-order valence-corrected chi connectivity index (χ3v) is 2.70. The van der Waals surface area contributed by atoms with Crippen LogP contribution in [0.25, 0.3) is 0 Å². The van der Waals surface area contributed by atoms with Crippen LogP contribution in [0.3, 0.4) is 0 Å². The van der Waals surface area contributed by atoms with Gasteiger partial charge in [-0.3, -0.25) is 9.59 Å². The SMILES string of the molecule is CC(=O)c1cccc(Cn2nc(Cl)ccc2=O)c1. The highest BCUT2D eigenvalue weighted by molar-refractivity contribution is 6.29. The van der Waals surface area contributed by atoms with Crippen LogP contribution in [0.2, 0.25) is 5.15 Å². The van der Waals surface area contributed by atoms with Crippen LogP contribution in [-0.4, -0.2) is 15.6 Å². The topological polar surface area (TPSA) is 52.0 Å². The van der Waals surface area contributed by atoms with Gasteiger partial charge in [0.05, 0.1) is 6.54 Å². The third-order valence-electron chi connectivity index (χ3n) is 2.50. The van der Waals surface area contributed by atoms with Crippen LogP contribution in [0.1, 0.15) is 22.8 Å². The highest BCUT2D eigenvalue weighted by Crippen LogP contribution is 2.07. The Morgan fingerprint density at radius 1 is 1.33 bits per heavy atom. The van der Waals surface area contributed by atoms with Crippen LogP contribution in [0.15, 0.2) is 41.2 Å². The van der Waals surface area contributed by atoms with Gasteiger partial charge in [0, 0.05) is 11.6 Å². The Morgan fingerprint density at radius 2 is 2.11 bits per heavy atom. The quantitative estimate of drug-likeness (QED) is 0.797. The Balaban J connectivity index is 2.34. The molecule has 0 saturated heterocycles. The molecule has 5 heteroatoms. The molecule has 0 unspecified atom stereocenters. The molecule has 92 valence electrons. The van der Waals surface area contributed by atoms with Crippen molar-refractivity contribution in [1.29, 1.82) is 0 Å². The van der Waals surface area contributed by atoms with Crippen LogP contribution >= 0.6 is 11.6 Å². The molecule has 0 fully saturated rings. The number of benzene rings is 1. The molecule has 0 aliphatic carbocycles. The first-order valence-electron chi connectivity index (χ1n) is 5.40. The molecule has 0 amide bonds. The van der Waals surface area contributed by atoms with Gasteiger partial charge < -0.3 is 0 Å². The van der Waals surface area contributed by atoms with Gasteiger partial charge in [-0.15, -0.1) is 0 Å². The van der Waals surface area contributed by atoms with E-state index in [4.69, 9.17) is 11.6 Å². The van der Waals surface area contributed by atoms with Crippen molar-refractivity contribution in [1.82, 2.24) is 9.78 Å². The van der Waals surface area contributed by atoms with E-state index in [9.17, 15) is 9.59 Å². The zero-order valence-corrected chi connectivity index (χ0v) is 10.5. The normalized spacial score (nSPS) is 10.3. The van der Waals surface area contributed by atoms with E-state index < -0.39 is 0 Å². The van der Waals surface area contributed by atoms with E-state index in [0.29, 0.717) is 12.1 Å². The summed E-state index contributed by atoms with van der Waals surface area (Å²) in [4.78, 5) is 22.8. The van der Waals surface area contributed by atoms with Gasteiger partial charge in [0.15, 0.2) is 5.78 Å². The van der Waals surface area contributed by atoms with Crippen molar-refractivity contribution in [2.75, 3.05) is 0 Å². The van der Waals surface area contributed by atoms with E-state index in [0.717, 1.165) is 5.56 Å². The molecule has 0 aliphatic rings. The fourth-order valence-corrected chi connectivity index (χ4v) is 1.75. The summed E-state index contributed by atoms with van der Waals surface area (Å²) in [5.74, 6) is -0.0109. The van der Waals surface area contributed by atoms with Gasteiger partial charge in [0.2, 0.25) is 0 Å². The lowest BCUT2D eigenvalue weighted by atomic mass is 10.1. The predicted octanol–water partition coefficient (Wildman–Crippen LogP) is 2.15. The molecular formula is C13H11ClN2O2. The molecule has 18 heavy (non-hydrogen) atoms. The fourth-order valence-electron chi connectivity index (χ4n) is 1.60. The van der Waals surface area contributed by atoms with Crippen LogP contribution < -0.4 is 5.56 Å². The monoisotopic (exact) mass is 262 g/mol. The van der Waals surface area contributed by atoms with Gasteiger partial charge in [-0.25, -0.2) is 4.68 Å². The van der Waals surface area contributed by atoms with E-state index in [-0.39, 0.29) is 16.5 Å². The highest BCUT2D eigenvalue weighted by Gasteiger charge is 2.03. The average Bonchev–Trinajstić information content (AvgIpc) is 2.34. The van der Waals surface area contributed by atoms with Crippen molar-refractivity contribution < 1.29 is 4.79 Å². The molecule has 1 aromatic carbocycles. The molecule has 0 N–H and O–H groups in total. The number of carbonyl (C=O) groups excluding carboxylic acids is 1. The molecule has 2 aromatic rings. The maximum atomic E-state index is 11.6. The molecule has 4 nitrogen and oxygen atoms in total. The van der Waals surface area contributed by atoms with Gasteiger partial charge in [0.25, 0.3) is 5.56 Å². The average molecular weight is 263 g/mol. The minimum Gasteiger partial charge on any atom is -0.295 e. The first-order chi connectivity index (χ1) is 8.56. The Hall–Kier alpha value is -1.94. The maximum Gasteiger partial charge on any atom is 0.267 e. The van der Waals surface area contributed by atoms with E-state index >= 15 is 0 Å². The summed E-state index contributed by atoms with van der Waals surface area (Å²) in [5, 5.41) is 4.19. The minimum absolute atomic E-state index is 0.0109. The first kappa shape index (κ1) is 12.5. The highest BCUT2D eigenvalue weighted by atomic mass is 35.5. The fraction of sp³-hybridized carbons (Fsp3) is 0.154. The largest absolute Gasteiger partial charge is 0.295 e. The van der Waals surface area contributed by atoms with Crippen molar-refractivity contribution >= 4 is 17.4 Å². The van der Waals surface area contributed by atoms with Crippen molar-refractivity contribution in [3.05, 3.63) is 63.0 Å². The lowest BCUT2D eigenvalue weighted by Gasteiger charge is -2.05. The maximum absolute atomic E-state index is 11.6. The molecule has 0 atom stereocenters. The summed E-state index contributed by atoms with van der Waals surface area (Å²) in [6.45, 7) is 1.80. The summed E-state index contributed by atoms with van der Waals surface area (Å²) in [6, 6.07) is 9.91. The number of ketones is 1. The summed E-state index contributed by atoms with van der Waals surface area (Å²) in [5.41, 5.74) is 1.22. The summed E-state index contributed by atoms with van der Waals surface area (Å²) < 4.78 is 1.27. The van der Waals surface area contributed by atoms with Crippen LogP contribution in [0.5, 0.6) is 0 Å². The van der Waals surface area contributed by atoms with Crippen molar-refractivity contribution in [3.63, 3.8) is 0 Å². The van der Waals surface area contributed by atoms with Gasteiger partial charge in [-0.05, 0) is 24.6 Å². The van der Waals surface area contributed by atoms with Gasteiger partial charge in [0.1, 0.15) is 5.15 Å². The van der Waals surface area contributed by atoms with Crippen LogP contribution in [0.4, 0.5) is 0 Å². The molecule has 2 rings (SSSR count).